The Kier molecular flexibility index (Phi) is 5.05. The smallest absolute Gasteiger partial charge is 0.308 e. The molecule has 0 bridgehead atoms. The lowest BCUT2D eigenvalue weighted by molar-refractivity contribution is -0.142. The molecular weight excluding hydrogens is 375 g/mol. The van der Waals surface area contributed by atoms with Crippen molar-refractivity contribution in [3.05, 3.63) is 66.0 Å². The second kappa shape index (κ2) is 7.66. The lowest BCUT2D eigenvalue weighted by Gasteiger charge is -2.21. The number of likely N-dealkylation sites (tertiary alicyclic amines) is 1. The molecule has 2 aromatic rings. The maximum Gasteiger partial charge on any atom is 0.308 e. The van der Waals surface area contributed by atoms with Gasteiger partial charge in [-0.25, -0.2) is 4.39 Å². The molecule has 2 fully saturated rings. The highest BCUT2D eigenvalue weighted by atomic mass is 19.1. The first-order chi connectivity index (χ1) is 14.0. The molecule has 2 heterocycles. The Morgan fingerprint density at radius 2 is 1.69 bits per heavy atom. The van der Waals surface area contributed by atoms with E-state index in [1.165, 1.54) is 34.1 Å². The molecule has 2 amide bonds. The highest BCUT2D eigenvalue weighted by Crippen LogP contribution is 2.35. The molecule has 1 N–H and O–H groups in total. The van der Waals surface area contributed by atoms with Crippen LogP contribution in [-0.2, 0) is 14.4 Å². The first-order valence-corrected chi connectivity index (χ1v) is 9.59. The highest BCUT2D eigenvalue weighted by Gasteiger charge is 2.45. The summed E-state index contributed by atoms with van der Waals surface area (Å²) < 4.78 is 13.1. The summed E-state index contributed by atoms with van der Waals surface area (Å²) in [5, 5.41) is 9.63. The van der Waals surface area contributed by atoms with E-state index >= 15 is 0 Å². The van der Waals surface area contributed by atoms with Crippen molar-refractivity contribution in [1.82, 2.24) is 4.90 Å². The van der Waals surface area contributed by atoms with Crippen LogP contribution < -0.4 is 4.90 Å². The molecule has 29 heavy (non-hydrogen) atoms. The van der Waals surface area contributed by atoms with Gasteiger partial charge >= 0.3 is 5.97 Å². The molecule has 7 heteroatoms. The zero-order chi connectivity index (χ0) is 20.5. The van der Waals surface area contributed by atoms with Gasteiger partial charge in [0.15, 0.2) is 0 Å². The summed E-state index contributed by atoms with van der Waals surface area (Å²) in [5.41, 5.74) is 1.43. The Morgan fingerprint density at radius 3 is 2.34 bits per heavy atom. The zero-order valence-electron chi connectivity index (χ0n) is 15.7. The maximum absolute atomic E-state index is 13.1. The van der Waals surface area contributed by atoms with E-state index in [0.29, 0.717) is 18.7 Å². The third-order valence-electron chi connectivity index (χ3n) is 5.82. The molecule has 1 unspecified atom stereocenters. The average Bonchev–Trinajstić information content (AvgIpc) is 3.33. The van der Waals surface area contributed by atoms with Gasteiger partial charge in [0, 0.05) is 31.2 Å². The molecule has 0 saturated carbocycles. The van der Waals surface area contributed by atoms with Crippen molar-refractivity contribution in [1.29, 1.82) is 0 Å². The summed E-state index contributed by atoms with van der Waals surface area (Å²) in [5.74, 6) is -3.82. The summed E-state index contributed by atoms with van der Waals surface area (Å²) in [6.07, 6.45) is 0.360. The van der Waals surface area contributed by atoms with E-state index in [1.54, 1.807) is 0 Å². The number of carboxylic acid groups (broad SMARTS) is 1. The second-order valence-electron chi connectivity index (χ2n) is 7.51. The number of hydrogen-bond acceptors (Lipinski definition) is 3. The molecule has 6 nitrogen and oxygen atoms in total. The van der Waals surface area contributed by atoms with Crippen LogP contribution >= 0.6 is 0 Å². The molecule has 2 aliphatic heterocycles. The number of amides is 2. The first kappa shape index (κ1) is 19.1. The topological polar surface area (TPSA) is 77.9 Å². The predicted molar refractivity (Wildman–Crippen MR) is 104 cm³/mol. The molecule has 0 aliphatic carbocycles. The summed E-state index contributed by atoms with van der Waals surface area (Å²) in [7, 11) is 0. The van der Waals surface area contributed by atoms with Gasteiger partial charge in [0.05, 0.1) is 5.92 Å². The van der Waals surface area contributed by atoms with Crippen LogP contribution in [0.3, 0.4) is 0 Å². The molecule has 0 spiro atoms. The summed E-state index contributed by atoms with van der Waals surface area (Å²) in [6, 6.07) is 14.9. The molecule has 2 aliphatic rings. The van der Waals surface area contributed by atoms with E-state index in [9.17, 15) is 23.9 Å². The van der Waals surface area contributed by atoms with Gasteiger partial charge < -0.3 is 14.9 Å². The van der Waals surface area contributed by atoms with E-state index in [0.717, 1.165) is 5.56 Å². The van der Waals surface area contributed by atoms with Crippen LogP contribution in [0.5, 0.6) is 0 Å². The van der Waals surface area contributed by atoms with Crippen LogP contribution in [0, 0.1) is 17.7 Å². The van der Waals surface area contributed by atoms with Crippen molar-refractivity contribution >= 4 is 23.5 Å². The van der Waals surface area contributed by atoms with E-state index in [1.807, 2.05) is 30.3 Å². The Labute approximate surface area is 167 Å². The van der Waals surface area contributed by atoms with Gasteiger partial charge in [0.25, 0.3) is 0 Å². The third kappa shape index (κ3) is 3.60. The van der Waals surface area contributed by atoms with Crippen molar-refractivity contribution in [2.45, 2.75) is 12.3 Å². The fraction of sp³-hybridized carbons (Fsp3) is 0.318. The third-order valence-corrected chi connectivity index (χ3v) is 5.82. The molecule has 0 aromatic heterocycles. The molecule has 0 radical (unpaired) electrons. The van der Waals surface area contributed by atoms with Crippen molar-refractivity contribution in [2.24, 2.45) is 11.8 Å². The standard InChI is InChI=1S/C22H21FN2O4/c23-15-6-8-16(9-7-15)25-11-10-17(21(25)27)20(26)24-12-18(19(13-24)22(28)29)14-4-2-1-3-5-14/h1-9,17-19H,10-13H2,(H,28,29)/t17?,18-,19-/m1/s1. The minimum atomic E-state index is -0.945. The Bertz CT molecular complexity index is 932. The Morgan fingerprint density at radius 1 is 1.00 bits per heavy atom. The summed E-state index contributed by atoms with van der Waals surface area (Å²) >= 11 is 0. The van der Waals surface area contributed by atoms with Crippen molar-refractivity contribution in [2.75, 3.05) is 24.5 Å². The van der Waals surface area contributed by atoms with Crippen LogP contribution in [0.1, 0.15) is 17.9 Å². The lowest BCUT2D eigenvalue weighted by atomic mass is 9.89. The van der Waals surface area contributed by atoms with Gasteiger partial charge in [-0.2, -0.15) is 0 Å². The van der Waals surface area contributed by atoms with Gasteiger partial charge in [0.1, 0.15) is 11.7 Å². The number of carbonyl (C=O) groups is 3. The first-order valence-electron chi connectivity index (χ1n) is 9.59. The molecule has 2 aromatic carbocycles. The SMILES string of the molecule is O=C(O)[C@@H]1CN(C(=O)C2CCN(c3ccc(F)cc3)C2=O)C[C@@H]1c1ccccc1. The van der Waals surface area contributed by atoms with Crippen molar-refractivity contribution < 1.29 is 23.9 Å². The lowest BCUT2D eigenvalue weighted by Crippen LogP contribution is -2.39. The monoisotopic (exact) mass is 396 g/mol. The van der Waals surface area contributed by atoms with Gasteiger partial charge in [-0.15, -0.1) is 0 Å². The number of benzene rings is 2. The number of nitrogens with zero attached hydrogens (tertiary/aromatic N) is 2. The fourth-order valence-electron chi connectivity index (χ4n) is 4.28. The number of anilines is 1. The quantitative estimate of drug-likeness (QED) is 0.806. The largest absolute Gasteiger partial charge is 0.481 e. The minimum Gasteiger partial charge on any atom is -0.481 e. The van der Waals surface area contributed by atoms with Gasteiger partial charge in [-0.05, 0) is 36.2 Å². The molecule has 3 atom stereocenters. The van der Waals surface area contributed by atoms with Crippen LogP contribution in [0.25, 0.3) is 0 Å². The molecule has 2 saturated heterocycles. The molecule has 150 valence electrons. The summed E-state index contributed by atoms with van der Waals surface area (Å²) in [6.45, 7) is 0.743. The number of rotatable bonds is 4. The van der Waals surface area contributed by atoms with E-state index < -0.39 is 23.6 Å². The normalized spacial score (nSPS) is 24.2. The molecule has 4 rings (SSSR count). The fourth-order valence-corrected chi connectivity index (χ4v) is 4.28. The highest BCUT2D eigenvalue weighted by molar-refractivity contribution is 6.09. The van der Waals surface area contributed by atoms with Crippen LogP contribution in [0.4, 0.5) is 10.1 Å². The van der Waals surface area contributed by atoms with E-state index in [2.05, 4.69) is 0 Å². The zero-order valence-corrected chi connectivity index (χ0v) is 15.7. The van der Waals surface area contributed by atoms with Gasteiger partial charge in [-0.1, -0.05) is 30.3 Å². The Balaban J connectivity index is 1.50. The maximum atomic E-state index is 13.1. The second-order valence-corrected chi connectivity index (χ2v) is 7.51. The minimum absolute atomic E-state index is 0.0913. The van der Waals surface area contributed by atoms with E-state index in [4.69, 9.17) is 0 Å². The number of carbonyl (C=O) groups excluding carboxylic acids is 2. The van der Waals surface area contributed by atoms with Gasteiger partial charge in [0.2, 0.25) is 11.8 Å². The van der Waals surface area contributed by atoms with Crippen LogP contribution in [0.15, 0.2) is 54.6 Å². The Hall–Kier alpha value is -3.22. The van der Waals surface area contributed by atoms with Crippen LogP contribution in [0.2, 0.25) is 0 Å². The predicted octanol–water partition coefficient (Wildman–Crippen LogP) is 2.51. The van der Waals surface area contributed by atoms with Crippen molar-refractivity contribution in [3.63, 3.8) is 0 Å². The van der Waals surface area contributed by atoms with Gasteiger partial charge in [-0.3, -0.25) is 14.4 Å². The average molecular weight is 396 g/mol. The van der Waals surface area contributed by atoms with Crippen molar-refractivity contribution in [3.8, 4) is 0 Å². The van der Waals surface area contributed by atoms with E-state index in [-0.39, 0.29) is 30.8 Å². The number of hydrogen-bond donors (Lipinski definition) is 1. The number of carboxylic acids is 1. The summed E-state index contributed by atoms with van der Waals surface area (Å²) in [4.78, 5) is 40.6. The molecular formula is C22H21FN2O4. The van der Waals surface area contributed by atoms with Crippen LogP contribution in [-0.4, -0.2) is 47.4 Å². The number of halogens is 1. The number of aliphatic carboxylic acids is 1.